The highest BCUT2D eigenvalue weighted by atomic mass is 16.5. The maximum absolute atomic E-state index is 12.7. The van der Waals surface area contributed by atoms with E-state index < -0.39 is 5.63 Å². The van der Waals surface area contributed by atoms with Crippen LogP contribution in [0.2, 0.25) is 0 Å². The van der Waals surface area contributed by atoms with Gasteiger partial charge in [0.1, 0.15) is 23.5 Å². The SMILES string of the molecule is O=c1oc2cc(OCc3ccccc3)ccc2cc1-c1nc(-c2ccc3c(c2)CCCC3)no1. The number of benzene rings is 3. The number of hydrogen-bond acceptors (Lipinski definition) is 6. The lowest BCUT2D eigenvalue weighted by Crippen LogP contribution is -2.03. The molecule has 0 unspecified atom stereocenters. The molecule has 0 N–H and O–H groups in total. The third kappa shape index (κ3) is 3.99. The Labute approximate surface area is 195 Å². The lowest BCUT2D eigenvalue weighted by molar-refractivity contribution is 0.306. The fraction of sp³-hybridized carbons (Fsp3) is 0.179. The first-order chi connectivity index (χ1) is 16.7. The molecule has 1 aliphatic rings. The van der Waals surface area contributed by atoms with Crippen molar-refractivity contribution < 1.29 is 13.7 Å². The topological polar surface area (TPSA) is 78.4 Å². The van der Waals surface area contributed by atoms with Crippen LogP contribution < -0.4 is 10.4 Å². The van der Waals surface area contributed by atoms with Gasteiger partial charge in [-0.2, -0.15) is 4.98 Å². The summed E-state index contributed by atoms with van der Waals surface area (Å²) in [5.41, 5.74) is 4.82. The Morgan fingerprint density at radius 1 is 0.882 bits per heavy atom. The van der Waals surface area contributed by atoms with Crippen LogP contribution in [0.15, 0.2) is 86.5 Å². The van der Waals surface area contributed by atoms with Crippen LogP contribution in [-0.2, 0) is 19.4 Å². The van der Waals surface area contributed by atoms with Crippen molar-refractivity contribution in [2.75, 3.05) is 0 Å². The summed E-state index contributed by atoms with van der Waals surface area (Å²) in [5.74, 6) is 1.24. The summed E-state index contributed by atoms with van der Waals surface area (Å²) in [6.45, 7) is 0.433. The van der Waals surface area contributed by atoms with Gasteiger partial charge >= 0.3 is 5.63 Å². The van der Waals surface area contributed by atoms with Gasteiger partial charge in [-0.25, -0.2) is 4.79 Å². The van der Waals surface area contributed by atoms with E-state index in [4.69, 9.17) is 13.7 Å². The zero-order valence-corrected chi connectivity index (χ0v) is 18.5. The summed E-state index contributed by atoms with van der Waals surface area (Å²) in [5, 5.41) is 4.86. The van der Waals surface area contributed by atoms with E-state index in [0.717, 1.165) is 29.4 Å². The molecule has 2 aromatic heterocycles. The van der Waals surface area contributed by atoms with E-state index in [9.17, 15) is 4.79 Å². The molecule has 0 radical (unpaired) electrons. The van der Waals surface area contributed by atoms with Gasteiger partial charge in [0.05, 0.1) is 0 Å². The van der Waals surface area contributed by atoms with E-state index in [1.54, 1.807) is 12.1 Å². The van der Waals surface area contributed by atoms with Crippen LogP contribution in [0.1, 0.15) is 29.5 Å². The van der Waals surface area contributed by atoms with Crippen molar-refractivity contribution in [3.05, 3.63) is 99.9 Å². The summed E-state index contributed by atoms with van der Waals surface area (Å²) in [7, 11) is 0. The average molecular weight is 450 g/mol. The van der Waals surface area contributed by atoms with Crippen LogP contribution in [0.5, 0.6) is 5.75 Å². The van der Waals surface area contributed by atoms with Crippen molar-refractivity contribution in [1.29, 1.82) is 0 Å². The molecule has 0 fully saturated rings. The Hall–Kier alpha value is -4.19. The molecule has 0 saturated carbocycles. The van der Waals surface area contributed by atoms with Gasteiger partial charge in [0.15, 0.2) is 0 Å². The molecule has 168 valence electrons. The van der Waals surface area contributed by atoms with Crippen molar-refractivity contribution in [3.63, 3.8) is 0 Å². The monoisotopic (exact) mass is 450 g/mol. The highest BCUT2D eigenvalue weighted by molar-refractivity contribution is 5.81. The molecule has 3 aromatic carbocycles. The van der Waals surface area contributed by atoms with E-state index in [1.165, 1.54) is 24.0 Å². The van der Waals surface area contributed by atoms with Crippen LogP contribution in [0.3, 0.4) is 0 Å². The Bertz CT molecular complexity index is 1540. The first-order valence-electron chi connectivity index (χ1n) is 11.4. The number of rotatable bonds is 5. The number of hydrogen-bond donors (Lipinski definition) is 0. The summed E-state index contributed by atoms with van der Waals surface area (Å²) < 4.78 is 16.9. The second kappa shape index (κ2) is 8.63. The zero-order valence-electron chi connectivity index (χ0n) is 18.5. The minimum atomic E-state index is -0.534. The summed E-state index contributed by atoms with van der Waals surface area (Å²) in [6.07, 6.45) is 4.62. The summed E-state index contributed by atoms with van der Waals surface area (Å²) >= 11 is 0. The largest absolute Gasteiger partial charge is 0.489 e. The fourth-order valence-electron chi connectivity index (χ4n) is 4.39. The number of aryl methyl sites for hydroxylation is 2. The average Bonchev–Trinajstić information content (AvgIpc) is 3.37. The second-order valence-corrected chi connectivity index (χ2v) is 8.54. The van der Waals surface area contributed by atoms with Gasteiger partial charge in [-0.3, -0.25) is 0 Å². The van der Waals surface area contributed by atoms with Gasteiger partial charge in [0.2, 0.25) is 5.82 Å². The van der Waals surface area contributed by atoms with Crippen LogP contribution in [-0.4, -0.2) is 10.1 Å². The van der Waals surface area contributed by atoms with Crippen molar-refractivity contribution in [2.24, 2.45) is 0 Å². The third-order valence-electron chi connectivity index (χ3n) is 6.22. The molecule has 1 aliphatic carbocycles. The van der Waals surface area contributed by atoms with Crippen LogP contribution in [0.4, 0.5) is 0 Å². The molecule has 2 heterocycles. The molecule has 5 aromatic rings. The van der Waals surface area contributed by atoms with Crippen LogP contribution in [0, 0.1) is 0 Å². The Kier molecular flexibility index (Phi) is 5.18. The van der Waals surface area contributed by atoms with Gasteiger partial charge in [0, 0.05) is 17.0 Å². The molecule has 0 amide bonds. The summed E-state index contributed by atoms with van der Waals surface area (Å²) in [6, 6.07) is 23.3. The molecule has 6 rings (SSSR count). The molecule has 0 bridgehead atoms. The van der Waals surface area contributed by atoms with Gasteiger partial charge in [-0.1, -0.05) is 47.6 Å². The molecular weight excluding hydrogens is 428 g/mol. The second-order valence-electron chi connectivity index (χ2n) is 8.54. The zero-order chi connectivity index (χ0) is 22.9. The minimum Gasteiger partial charge on any atom is -0.489 e. The standard InChI is InChI=1S/C28H22N2O4/c31-28-24(27-29-26(30-34-27)22-11-10-19-8-4-5-9-20(19)14-22)15-21-12-13-23(16-25(21)33-28)32-17-18-6-2-1-3-7-18/h1-3,6-7,10-16H,4-5,8-9,17H2. The van der Waals surface area contributed by atoms with Gasteiger partial charge in [-0.05, 0) is 66.6 Å². The molecule has 34 heavy (non-hydrogen) atoms. The Balaban J connectivity index is 1.27. The van der Waals surface area contributed by atoms with Crippen molar-refractivity contribution in [2.45, 2.75) is 32.3 Å². The van der Waals surface area contributed by atoms with Crippen LogP contribution in [0.25, 0.3) is 33.8 Å². The van der Waals surface area contributed by atoms with Crippen molar-refractivity contribution >= 4 is 11.0 Å². The van der Waals surface area contributed by atoms with Crippen LogP contribution >= 0.6 is 0 Å². The van der Waals surface area contributed by atoms with E-state index in [-0.39, 0.29) is 11.5 Å². The lowest BCUT2D eigenvalue weighted by atomic mass is 9.90. The summed E-state index contributed by atoms with van der Waals surface area (Å²) in [4.78, 5) is 17.2. The number of aromatic nitrogens is 2. The number of ether oxygens (including phenoxy) is 1. The van der Waals surface area contributed by atoms with E-state index in [1.807, 2.05) is 48.5 Å². The predicted molar refractivity (Wildman–Crippen MR) is 129 cm³/mol. The number of nitrogens with zero attached hydrogens (tertiary/aromatic N) is 2. The first-order valence-corrected chi connectivity index (χ1v) is 11.4. The maximum atomic E-state index is 12.7. The Morgan fingerprint density at radius 2 is 1.74 bits per heavy atom. The van der Waals surface area contributed by atoms with E-state index >= 15 is 0 Å². The molecule has 0 spiro atoms. The lowest BCUT2D eigenvalue weighted by Gasteiger charge is -2.15. The fourth-order valence-corrected chi connectivity index (χ4v) is 4.39. The Morgan fingerprint density at radius 3 is 2.62 bits per heavy atom. The third-order valence-corrected chi connectivity index (χ3v) is 6.22. The maximum Gasteiger partial charge on any atom is 0.349 e. The van der Waals surface area contributed by atoms with E-state index in [0.29, 0.717) is 23.8 Å². The molecule has 0 atom stereocenters. The number of fused-ring (bicyclic) bond motifs is 2. The predicted octanol–water partition coefficient (Wildman–Crippen LogP) is 5.97. The van der Waals surface area contributed by atoms with Gasteiger partial charge in [-0.15, -0.1) is 0 Å². The highest BCUT2D eigenvalue weighted by Crippen LogP contribution is 2.28. The quantitative estimate of drug-likeness (QED) is 0.307. The highest BCUT2D eigenvalue weighted by Gasteiger charge is 2.18. The molecule has 6 heteroatoms. The smallest absolute Gasteiger partial charge is 0.349 e. The van der Waals surface area contributed by atoms with E-state index in [2.05, 4.69) is 22.3 Å². The molecule has 6 nitrogen and oxygen atoms in total. The van der Waals surface area contributed by atoms with Crippen molar-refractivity contribution in [3.8, 4) is 28.6 Å². The van der Waals surface area contributed by atoms with Gasteiger partial charge < -0.3 is 13.7 Å². The minimum absolute atomic E-state index is 0.146. The first kappa shape index (κ1) is 20.4. The molecular formula is C28H22N2O4. The van der Waals surface area contributed by atoms with Crippen molar-refractivity contribution in [1.82, 2.24) is 10.1 Å². The van der Waals surface area contributed by atoms with Gasteiger partial charge in [0.25, 0.3) is 5.89 Å². The molecule has 0 saturated heterocycles. The normalized spacial score (nSPS) is 13.1. The molecule has 0 aliphatic heterocycles.